The molecule has 29 heavy (non-hydrogen) atoms. The molecule has 2 rings (SSSR count). The van der Waals surface area contributed by atoms with Crippen molar-refractivity contribution in [3.63, 3.8) is 0 Å². The van der Waals surface area contributed by atoms with Gasteiger partial charge < -0.3 is 14.7 Å². The molecule has 0 saturated heterocycles. The van der Waals surface area contributed by atoms with E-state index in [1.54, 1.807) is 0 Å². The summed E-state index contributed by atoms with van der Waals surface area (Å²) in [5, 5.41) is 14.7. The largest absolute Gasteiger partial charge is 0.511 e. The number of allylic oxidation sites excluding steroid dienone is 2. The maximum atomic E-state index is 12.9. The highest BCUT2D eigenvalue weighted by atomic mass is 32.1. The summed E-state index contributed by atoms with van der Waals surface area (Å²) in [5.41, 5.74) is 5.81. The number of hydrogen-bond donors (Lipinski definition) is 3. The van der Waals surface area contributed by atoms with Crippen LogP contribution in [0.2, 0.25) is 0 Å². The van der Waals surface area contributed by atoms with Crippen LogP contribution >= 0.6 is 12.8 Å². The van der Waals surface area contributed by atoms with Gasteiger partial charge in [-0.2, -0.15) is 0 Å². The van der Waals surface area contributed by atoms with E-state index in [4.69, 9.17) is 4.84 Å². The molecule has 2 N–H and O–H groups in total. The molecule has 158 valence electrons. The molecule has 0 bridgehead atoms. The van der Waals surface area contributed by atoms with Crippen molar-refractivity contribution in [2.75, 3.05) is 6.61 Å². The van der Waals surface area contributed by atoms with Crippen LogP contribution in [0.15, 0.2) is 22.6 Å². The summed E-state index contributed by atoms with van der Waals surface area (Å²) in [6.45, 7) is 10.1. The van der Waals surface area contributed by atoms with Crippen molar-refractivity contribution in [3.05, 3.63) is 45.2 Å². The van der Waals surface area contributed by atoms with Crippen molar-refractivity contribution in [1.29, 1.82) is 0 Å². The summed E-state index contributed by atoms with van der Waals surface area (Å²) in [4.78, 5) is 29.9. The van der Waals surface area contributed by atoms with E-state index in [2.05, 4.69) is 22.7 Å². The Balaban J connectivity index is 2.46. The lowest BCUT2D eigenvalue weighted by Crippen LogP contribution is -2.25. The second-order valence-corrected chi connectivity index (χ2v) is 7.62. The summed E-state index contributed by atoms with van der Waals surface area (Å²) in [5.74, 6) is -0.401. The Hall–Kier alpha value is -2.28. The zero-order chi connectivity index (χ0) is 21.7. The van der Waals surface area contributed by atoms with Gasteiger partial charge in [0, 0.05) is 12.8 Å². The minimum atomic E-state index is -0.182. The van der Waals surface area contributed by atoms with E-state index in [0.717, 1.165) is 27.8 Å². The third-order valence-electron chi connectivity index (χ3n) is 5.43. The lowest BCUT2D eigenvalue weighted by Gasteiger charge is -2.28. The van der Waals surface area contributed by atoms with Crippen LogP contribution in [0.1, 0.15) is 66.8 Å². The van der Waals surface area contributed by atoms with Crippen LogP contribution in [0.5, 0.6) is 0 Å². The Bertz CT molecular complexity index is 874. The normalized spacial score (nSPS) is 17.5. The Kier molecular flexibility index (Phi) is 7.90. The topological polar surface area (TPSA) is 88.0 Å². The molecular formula is C22H30N2O4S. The van der Waals surface area contributed by atoms with Crippen LogP contribution in [0.4, 0.5) is 0 Å². The van der Waals surface area contributed by atoms with Gasteiger partial charge >= 0.3 is 0 Å². The second-order valence-electron chi connectivity index (χ2n) is 7.40. The zero-order valence-electron chi connectivity index (χ0n) is 17.8. The number of aliphatic hydroxyl groups is 1. The van der Waals surface area contributed by atoms with Crippen LogP contribution in [-0.2, 0) is 20.8 Å². The average Bonchev–Trinajstić information content (AvgIpc) is 2.66. The minimum Gasteiger partial charge on any atom is -0.511 e. The lowest BCUT2D eigenvalue weighted by atomic mass is 9.76. The first-order valence-corrected chi connectivity index (χ1v) is 10.4. The molecule has 1 aromatic rings. The number of Topliss-reactive ketones (excluding diaryl/α,β-unsaturated/α-hetero) is 1. The van der Waals surface area contributed by atoms with Crippen molar-refractivity contribution in [3.8, 4) is 0 Å². The van der Waals surface area contributed by atoms with Crippen LogP contribution in [-0.4, -0.2) is 29.1 Å². The van der Waals surface area contributed by atoms with Crippen molar-refractivity contribution in [2.24, 2.45) is 5.16 Å². The van der Waals surface area contributed by atoms with Crippen LogP contribution in [0.3, 0.4) is 0 Å². The van der Waals surface area contributed by atoms with Gasteiger partial charge in [-0.3, -0.25) is 9.59 Å². The van der Waals surface area contributed by atoms with Crippen molar-refractivity contribution in [2.45, 2.75) is 66.2 Å². The molecule has 1 amide bonds. The maximum Gasteiger partial charge on any atom is 0.234 e. The fourth-order valence-electron chi connectivity index (χ4n) is 4.20. The molecule has 7 heteroatoms. The molecule has 0 spiro atoms. The van der Waals surface area contributed by atoms with E-state index in [1.807, 2.05) is 40.7 Å². The number of rotatable bonds is 7. The number of carbonyl (C=O) groups is 2. The van der Waals surface area contributed by atoms with Gasteiger partial charge in [0.05, 0.1) is 17.7 Å². The lowest BCUT2D eigenvalue weighted by molar-refractivity contribution is -0.118. The molecule has 1 aliphatic carbocycles. The first kappa shape index (κ1) is 23.0. The molecule has 0 saturated carbocycles. The number of nitrogens with one attached hydrogen (secondary N) is 1. The van der Waals surface area contributed by atoms with Crippen molar-refractivity contribution >= 4 is 30.2 Å². The van der Waals surface area contributed by atoms with Crippen LogP contribution in [0, 0.1) is 20.8 Å². The molecule has 1 aromatic carbocycles. The predicted octanol–water partition coefficient (Wildman–Crippen LogP) is 4.18. The Morgan fingerprint density at radius 2 is 1.97 bits per heavy atom. The van der Waals surface area contributed by atoms with Crippen LogP contribution in [0.25, 0.3) is 0 Å². The predicted molar refractivity (Wildman–Crippen MR) is 117 cm³/mol. The molecule has 1 atom stereocenters. The number of aliphatic hydroxyl groups excluding tert-OH is 1. The number of thiol groups is 1. The third-order valence-corrected chi connectivity index (χ3v) is 5.68. The van der Waals surface area contributed by atoms with E-state index >= 15 is 0 Å². The molecule has 1 unspecified atom stereocenters. The SMILES string of the molecule is CCON=C(CC)C1=C(O)CC(c2c(C)cc(C)c(CC(=O)NS)c2C)CC1=O. The van der Waals surface area contributed by atoms with Gasteiger partial charge in [0.25, 0.3) is 0 Å². The monoisotopic (exact) mass is 418 g/mol. The standard InChI is InChI=1S/C22H30N2O4S/c1-6-17(23-28-7-2)22-18(25)9-15(10-19(22)26)21-13(4)8-12(3)16(14(21)5)11-20(27)24-29/h8,15,25,29H,6-7,9-11H2,1-5H3,(H,24,27). The third kappa shape index (κ3) is 5.01. The number of oxime groups is 1. The van der Waals surface area contributed by atoms with Gasteiger partial charge in [-0.15, -0.1) is 0 Å². The maximum absolute atomic E-state index is 12.9. The minimum absolute atomic E-state index is 0.0561. The highest BCUT2D eigenvalue weighted by Gasteiger charge is 2.33. The summed E-state index contributed by atoms with van der Waals surface area (Å²) >= 11 is 3.84. The van der Waals surface area contributed by atoms with Crippen molar-refractivity contribution in [1.82, 2.24) is 4.72 Å². The van der Waals surface area contributed by atoms with Crippen LogP contribution < -0.4 is 4.72 Å². The van der Waals surface area contributed by atoms with Gasteiger partial charge in [0.2, 0.25) is 5.91 Å². The summed E-state index contributed by atoms with van der Waals surface area (Å²) < 4.78 is 2.37. The first-order chi connectivity index (χ1) is 13.7. The zero-order valence-corrected chi connectivity index (χ0v) is 18.7. The molecule has 0 fully saturated rings. The summed E-state index contributed by atoms with van der Waals surface area (Å²) in [6, 6.07) is 2.04. The quantitative estimate of drug-likeness (QED) is 0.352. The van der Waals surface area contributed by atoms with E-state index in [0.29, 0.717) is 25.2 Å². The number of carbonyl (C=O) groups excluding carboxylic acids is 2. The average molecular weight is 419 g/mol. The molecule has 1 aliphatic rings. The van der Waals surface area contributed by atoms with Gasteiger partial charge in [0.15, 0.2) is 5.78 Å². The van der Waals surface area contributed by atoms with E-state index in [9.17, 15) is 14.7 Å². The first-order valence-electron chi connectivity index (χ1n) is 9.91. The molecule has 0 heterocycles. The summed E-state index contributed by atoms with van der Waals surface area (Å²) in [7, 11) is 0. The highest BCUT2D eigenvalue weighted by molar-refractivity contribution is 7.78. The van der Waals surface area contributed by atoms with E-state index in [1.165, 1.54) is 0 Å². The smallest absolute Gasteiger partial charge is 0.234 e. The van der Waals surface area contributed by atoms with E-state index in [-0.39, 0.29) is 41.8 Å². The van der Waals surface area contributed by atoms with Gasteiger partial charge in [-0.25, -0.2) is 0 Å². The second kappa shape index (κ2) is 9.96. The fraction of sp³-hybridized carbons (Fsp3) is 0.500. The number of aryl methyl sites for hydroxylation is 2. The van der Waals surface area contributed by atoms with Gasteiger partial charge in [-0.05, 0) is 67.9 Å². The van der Waals surface area contributed by atoms with Crippen molar-refractivity contribution < 1.29 is 19.5 Å². The number of hydrogen-bond acceptors (Lipinski definition) is 6. The van der Waals surface area contributed by atoms with E-state index < -0.39 is 0 Å². The molecule has 0 aliphatic heterocycles. The molecule has 0 radical (unpaired) electrons. The molecule has 0 aromatic heterocycles. The fourth-order valence-corrected chi connectivity index (χ4v) is 4.28. The number of benzene rings is 1. The highest BCUT2D eigenvalue weighted by Crippen LogP contribution is 2.39. The molecular weight excluding hydrogens is 388 g/mol. The van der Waals surface area contributed by atoms with Gasteiger partial charge in [-0.1, -0.05) is 31.0 Å². The number of amides is 1. The number of ketones is 1. The van der Waals surface area contributed by atoms with Gasteiger partial charge in [0.1, 0.15) is 12.4 Å². The molecule has 6 nitrogen and oxygen atoms in total. The number of nitrogens with zero attached hydrogens (tertiary/aromatic N) is 1. The summed E-state index contributed by atoms with van der Waals surface area (Å²) in [6.07, 6.45) is 1.37. The Morgan fingerprint density at radius 1 is 1.28 bits per heavy atom. The Morgan fingerprint density at radius 3 is 2.52 bits per heavy atom. The Labute approximate surface area is 177 Å².